The van der Waals surface area contributed by atoms with Crippen LogP contribution in [0, 0.1) is 0 Å². The number of benzene rings is 6. The van der Waals surface area contributed by atoms with Gasteiger partial charge in [-0.1, -0.05) is 110 Å². The number of rotatable bonds is 1. The van der Waals surface area contributed by atoms with E-state index in [4.69, 9.17) is 0 Å². The van der Waals surface area contributed by atoms with Gasteiger partial charge in [-0.2, -0.15) is 0 Å². The molecule has 0 saturated carbocycles. The molecule has 1 aliphatic heterocycles. The minimum atomic E-state index is -1.71. The van der Waals surface area contributed by atoms with E-state index >= 15 is 0 Å². The van der Waals surface area contributed by atoms with Gasteiger partial charge in [-0.25, -0.2) is 0 Å². The normalized spacial score (nSPS) is 14.0. The van der Waals surface area contributed by atoms with Crippen LogP contribution in [0.2, 0.25) is 13.1 Å². The first-order valence-electron chi connectivity index (χ1n) is 13.1. The average molecular weight is 490 g/mol. The summed E-state index contributed by atoms with van der Waals surface area (Å²) in [6, 6.07) is 41.0. The van der Waals surface area contributed by atoms with Gasteiger partial charge >= 0.3 is 0 Å². The Morgan fingerprint density at radius 3 is 1.92 bits per heavy atom. The topological polar surface area (TPSA) is 4.93 Å². The van der Waals surface area contributed by atoms with Gasteiger partial charge in [0, 0.05) is 28.7 Å². The number of aromatic nitrogens is 1. The quantitative estimate of drug-likeness (QED) is 0.162. The van der Waals surface area contributed by atoms with E-state index in [0.717, 1.165) is 0 Å². The maximum Gasteiger partial charge on any atom is 0.113 e. The van der Waals surface area contributed by atoms with E-state index in [2.05, 4.69) is 134 Å². The molecule has 0 saturated heterocycles. The van der Waals surface area contributed by atoms with Gasteiger partial charge in [0.05, 0.1) is 5.52 Å². The fourth-order valence-corrected chi connectivity index (χ4v) is 10.1. The zero-order chi connectivity index (χ0) is 24.9. The molecule has 1 aromatic heterocycles. The van der Waals surface area contributed by atoms with Crippen molar-refractivity contribution in [1.82, 2.24) is 4.57 Å². The van der Waals surface area contributed by atoms with Gasteiger partial charge in [0.2, 0.25) is 0 Å². The fourth-order valence-electron chi connectivity index (χ4n) is 6.96. The minimum Gasteiger partial charge on any atom is -0.343 e. The van der Waals surface area contributed by atoms with Crippen LogP contribution in [0.3, 0.4) is 0 Å². The minimum absolute atomic E-state index is 1.28. The molecule has 0 unspecified atom stereocenters. The number of aryl methyl sites for hydroxylation is 1. The van der Waals surface area contributed by atoms with Crippen molar-refractivity contribution in [3.05, 3.63) is 109 Å². The molecular formula is C35H27NSi. The number of hydrogen-bond acceptors (Lipinski definition) is 0. The second-order valence-corrected chi connectivity index (χ2v) is 15.4. The van der Waals surface area contributed by atoms with Crippen molar-refractivity contribution in [3.63, 3.8) is 0 Å². The summed E-state index contributed by atoms with van der Waals surface area (Å²) in [7, 11) is 0.505. The average Bonchev–Trinajstić information content (AvgIpc) is 3.37. The lowest BCUT2D eigenvalue weighted by Crippen LogP contribution is -2.49. The third kappa shape index (κ3) is 2.68. The number of hydrogen-bond donors (Lipinski definition) is 0. The summed E-state index contributed by atoms with van der Waals surface area (Å²) in [5, 5.41) is 11.1. The monoisotopic (exact) mass is 489 g/mol. The van der Waals surface area contributed by atoms with Crippen LogP contribution in [0.25, 0.3) is 65.6 Å². The third-order valence-electron chi connectivity index (χ3n) is 8.79. The Labute approximate surface area is 217 Å². The molecule has 0 aliphatic carbocycles. The molecule has 2 heteroatoms. The standard InChI is InChI=1S/C35H27NSi/c1-36-31-19-17-22(23-16-18-27-26-12-8-9-15-32(26)37(2,3)33(27)21-23)20-30(31)34-28-13-6-4-10-24(28)25-11-5-7-14-29(25)35(34)36/h4-21H,1-3H3. The molecule has 0 atom stereocenters. The molecule has 0 bridgehead atoms. The third-order valence-corrected chi connectivity index (χ3v) is 12.3. The predicted molar refractivity (Wildman–Crippen MR) is 163 cm³/mol. The van der Waals surface area contributed by atoms with Gasteiger partial charge in [0.15, 0.2) is 0 Å². The van der Waals surface area contributed by atoms with Crippen LogP contribution in [-0.4, -0.2) is 12.6 Å². The van der Waals surface area contributed by atoms with Crippen molar-refractivity contribution in [2.45, 2.75) is 13.1 Å². The highest BCUT2D eigenvalue weighted by Gasteiger charge is 2.37. The van der Waals surface area contributed by atoms with E-state index in [9.17, 15) is 0 Å². The highest BCUT2D eigenvalue weighted by molar-refractivity contribution is 7.03. The molecule has 2 heterocycles. The van der Waals surface area contributed by atoms with Gasteiger partial charge in [-0.05, 0) is 60.9 Å². The lowest BCUT2D eigenvalue weighted by Gasteiger charge is -2.19. The molecule has 7 aromatic rings. The fraction of sp³-hybridized carbons (Fsp3) is 0.0857. The second-order valence-electron chi connectivity index (χ2n) is 11.0. The molecule has 8 rings (SSSR count). The number of fused-ring (bicyclic) bond motifs is 11. The largest absolute Gasteiger partial charge is 0.343 e. The molecule has 0 fully saturated rings. The Kier molecular flexibility index (Phi) is 4.09. The predicted octanol–water partition coefficient (Wildman–Crippen LogP) is 8.11. The van der Waals surface area contributed by atoms with E-state index in [0.29, 0.717) is 0 Å². The first-order valence-corrected chi connectivity index (χ1v) is 16.1. The van der Waals surface area contributed by atoms with Gasteiger partial charge in [0.25, 0.3) is 0 Å². The molecule has 1 aliphatic rings. The summed E-state index contributed by atoms with van der Waals surface area (Å²) >= 11 is 0. The summed E-state index contributed by atoms with van der Waals surface area (Å²) in [5.74, 6) is 0. The van der Waals surface area contributed by atoms with Crippen LogP contribution in [0.1, 0.15) is 0 Å². The van der Waals surface area contributed by atoms with Crippen molar-refractivity contribution < 1.29 is 0 Å². The summed E-state index contributed by atoms with van der Waals surface area (Å²) in [4.78, 5) is 0. The summed E-state index contributed by atoms with van der Waals surface area (Å²) < 4.78 is 2.39. The Morgan fingerprint density at radius 1 is 0.514 bits per heavy atom. The smallest absolute Gasteiger partial charge is 0.113 e. The zero-order valence-electron chi connectivity index (χ0n) is 21.3. The van der Waals surface area contributed by atoms with Crippen molar-refractivity contribution in [2.24, 2.45) is 7.05 Å². The van der Waals surface area contributed by atoms with E-state index in [1.54, 1.807) is 10.4 Å². The Morgan fingerprint density at radius 2 is 1.11 bits per heavy atom. The van der Waals surface area contributed by atoms with E-state index in [1.807, 2.05) is 0 Å². The molecule has 176 valence electrons. The van der Waals surface area contributed by atoms with Crippen LogP contribution in [-0.2, 0) is 7.05 Å². The zero-order valence-corrected chi connectivity index (χ0v) is 22.3. The van der Waals surface area contributed by atoms with Crippen molar-refractivity contribution >= 4 is 61.8 Å². The Hall–Kier alpha value is -4.14. The molecule has 37 heavy (non-hydrogen) atoms. The lowest BCUT2D eigenvalue weighted by molar-refractivity contribution is 1.02. The molecule has 0 spiro atoms. The Balaban J connectivity index is 1.42. The van der Waals surface area contributed by atoms with Crippen LogP contribution in [0.15, 0.2) is 109 Å². The summed E-state index contributed by atoms with van der Waals surface area (Å²) in [5.41, 5.74) is 8.07. The van der Waals surface area contributed by atoms with E-state index in [-0.39, 0.29) is 0 Å². The SMILES string of the molecule is Cn1c2ccc(-c3ccc4c(c3)[Si](C)(C)c3ccccc3-4)cc2c2c3ccccc3c3ccccc3c21. The van der Waals surface area contributed by atoms with Gasteiger partial charge in [-0.3, -0.25) is 0 Å². The summed E-state index contributed by atoms with van der Waals surface area (Å²) in [6.07, 6.45) is 0. The molecule has 6 aromatic carbocycles. The molecule has 1 nitrogen and oxygen atoms in total. The van der Waals surface area contributed by atoms with Crippen LogP contribution >= 0.6 is 0 Å². The molecule has 0 radical (unpaired) electrons. The van der Waals surface area contributed by atoms with Gasteiger partial charge < -0.3 is 4.57 Å². The first kappa shape index (κ1) is 21.0. The van der Waals surface area contributed by atoms with Gasteiger partial charge in [0.1, 0.15) is 8.07 Å². The van der Waals surface area contributed by atoms with E-state index < -0.39 is 8.07 Å². The van der Waals surface area contributed by atoms with Crippen molar-refractivity contribution in [1.29, 1.82) is 0 Å². The summed E-state index contributed by atoms with van der Waals surface area (Å²) in [6.45, 7) is 4.99. The maximum absolute atomic E-state index is 2.49. The number of nitrogens with zero attached hydrogens (tertiary/aromatic N) is 1. The maximum atomic E-state index is 2.49. The molecule has 0 N–H and O–H groups in total. The first-order chi connectivity index (χ1) is 18.0. The highest BCUT2D eigenvalue weighted by atomic mass is 28.3. The van der Waals surface area contributed by atoms with Gasteiger partial charge in [-0.15, -0.1) is 0 Å². The van der Waals surface area contributed by atoms with Crippen LogP contribution in [0.5, 0.6) is 0 Å². The van der Waals surface area contributed by atoms with E-state index in [1.165, 1.54) is 65.6 Å². The van der Waals surface area contributed by atoms with Crippen LogP contribution < -0.4 is 10.4 Å². The van der Waals surface area contributed by atoms with Crippen molar-refractivity contribution in [2.75, 3.05) is 0 Å². The second kappa shape index (κ2) is 7.21. The highest BCUT2D eigenvalue weighted by Crippen LogP contribution is 2.41. The van der Waals surface area contributed by atoms with Crippen molar-refractivity contribution in [3.8, 4) is 22.3 Å². The Bertz CT molecular complexity index is 2080. The molecule has 0 amide bonds. The lowest BCUT2D eigenvalue weighted by atomic mass is 9.95. The molecular weight excluding hydrogens is 462 g/mol. The van der Waals surface area contributed by atoms with Crippen LogP contribution in [0.4, 0.5) is 0 Å².